The number of nitrogens with zero attached hydrogens (tertiary/aromatic N) is 1. The van der Waals surface area contributed by atoms with Crippen LogP contribution < -0.4 is 10.6 Å². The third-order valence-electron chi connectivity index (χ3n) is 2.85. The van der Waals surface area contributed by atoms with Crippen molar-refractivity contribution in [1.29, 1.82) is 0 Å². The zero-order chi connectivity index (χ0) is 14.5. The lowest BCUT2D eigenvalue weighted by Crippen LogP contribution is -2.19. The largest absolute Gasteiger partial charge is 0.323 e. The van der Waals surface area contributed by atoms with Gasteiger partial charge in [-0.25, -0.2) is 9.64 Å². The molecule has 0 radical (unpaired) electrons. The smallest absolute Gasteiger partial charge is 0.308 e. The Labute approximate surface area is 118 Å². The number of nitrogens with one attached hydrogen (secondary N) is 2. The SMILES string of the molecule is [C-]#[N+]c1ccc(NC(=O)Nc2cccc(C)c2)cc1C. The molecule has 0 bridgehead atoms. The first-order valence-corrected chi connectivity index (χ1v) is 6.21. The normalized spacial score (nSPS) is 9.65. The van der Waals surface area contributed by atoms with Crippen molar-refractivity contribution in [2.45, 2.75) is 13.8 Å². The average molecular weight is 265 g/mol. The molecule has 0 spiro atoms. The lowest BCUT2D eigenvalue weighted by Gasteiger charge is -2.09. The number of hydrogen-bond acceptors (Lipinski definition) is 1. The fraction of sp³-hybridized carbons (Fsp3) is 0.125. The van der Waals surface area contributed by atoms with Crippen LogP contribution in [0.2, 0.25) is 0 Å². The molecule has 100 valence electrons. The molecule has 0 unspecified atom stereocenters. The summed E-state index contributed by atoms with van der Waals surface area (Å²) in [5.41, 5.74) is 3.93. The van der Waals surface area contributed by atoms with Crippen LogP contribution in [-0.2, 0) is 0 Å². The van der Waals surface area contributed by atoms with E-state index in [0.717, 1.165) is 16.8 Å². The van der Waals surface area contributed by atoms with Gasteiger partial charge in [0.15, 0.2) is 5.69 Å². The van der Waals surface area contributed by atoms with E-state index in [-0.39, 0.29) is 6.03 Å². The highest BCUT2D eigenvalue weighted by Gasteiger charge is 2.04. The number of anilines is 2. The molecular formula is C16H15N3O. The number of carbonyl (C=O) groups excluding carboxylic acids is 1. The minimum atomic E-state index is -0.300. The van der Waals surface area contributed by atoms with Crippen LogP contribution >= 0.6 is 0 Å². The predicted molar refractivity (Wildman–Crippen MR) is 81.3 cm³/mol. The van der Waals surface area contributed by atoms with Gasteiger partial charge in [0.05, 0.1) is 6.57 Å². The van der Waals surface area contributed by atoms with Gasteiger partial charge in [-0.1, -0.05) is 18.2 Å². The van der Waals surface area contributed by atoms with E-state index in [1.165, 1.54) is 0 Å². The lowest BCUT2D eigenvalue weighted by atomic mass is 10.2. The van der Waals surface area contributed by atoms with E-state index in [2.05, 4.69) is 15.5 Å². The number of carbonyl (C=O) groups is 1. The molecule has 0 heterocycles. The Kier molecular flexibility index (Phi) is 4.02. The van der Waals surface area contributed by atoms with Crippen LogP contribution in [0.25, 0.3) is 4.85 Å². The van der Waals surface area contributed by atoms with Gasteiger partial charge in [0.2, 0.25) is 0 Å². The van der Waals surface area contributed by atoms with Crippen molar-refractivity contribution in [3.8, 4) is 0 Å². The van der Waals surface area contributed by atoms with Gasteiger partial charge >= 0.3 is 6.03 Å². The predicted octanol–water partition coefficient (Wildman–Crippen LogP) is 4.50. The van der Waals surface area contributed by atoms with Crippen LogP contribution in [0, 0.1) is 20.4 Å². The third kappa shape index (κ3) is 3.36. The fourth-order valence-corrected chi connectivity index (χ4v) is 1.87. The lowest BCUT2D eigenvalue weighted by molar-refractivity contribution is 0.262. The molecule has 2 aromatic rings. The van der Waals surface area contributed by atoms with Crippen molar-refractivity contribution in [2.75, 3.05) is 10.6 Å². The van der Waals surface area contributed by atoms with Crippen molar-refractivity contribution in [2.24, 2.45) is 0 Å². The van der Waals surface area contributed by atoms with E-state index >= 15 is 0 Å². The maximum atomic E-state index is 11.9. The van der Waals surface area contributed by atoms with E-state index in [4.69, 9.17) is 6.57 Å². The molecule has 20 heavy (non-hydrogen) atoms. The van der Waals surface area contributed by atoms with Gasteiger partial charge < -0.3 is 10.6 Å². The summed E-state index contributed by atoms with van der Waals surface area (Å²) in [4.78, 5) is 15.3. The van der Waals surface area contributed by atoms with Crippen molar-refractivity contribution >= 4 is 23.1 Å². The summed E-state index contributed by atoms with van der Waals surface area (Å²) in [6.45, 7) is 10.8. The molecule has 2 rings (SSSR count). The second kappa shape index (κ2) is 5.89. The van der Waals surface area contributed by atoms with Gasteiger partial charge in [0.25, 0.3) is 0 Å². The van der Waals surface area contributed by atoms with Crippen LogP contribution in [0.1, 0.15) is 11.1 Å². The van der Waals surface area contributed by atoms with E-state index in [9.17, 15) is 4.79 Å². The summed E-state index contributed by atoms with van der Waals surface area (Å²) in [5.74, 6) is 0. The Hall–Kier alpha value is -2.80. The standard InChI is InChI=1S/C16H15N3O/c1-11-5-4-6-13(9-11)18-16(20)19-14-7-8-15(17-3)12(2)10-14/h4-10H,1-2H3,(H2,18,19,20). The van der Waals surface area contributed by atoms with E-state index < -0.39 is 0 Å². The monoisotopic (exact) mass is 265 g/mol. The first kappa shape index (κ1) is 13.6. The highest BCUT2D eigenvalue weighted by Crippen LogP contribution is 2.22. The van der Waals surface area contributed by atoms with Crippen LogP contribution in [0.15, 0.2) is 42.5 Å². The van der Waals surface area contributed by atoms with E-state index in [1.54, 1.807) is 18.2 Å². The molecule has 2 N–H and O–H groups in total. The molecule has 2 aromatic carbocycles. The van der Waals surface area contributed by atoms with Gasteiger partial charge in [0.1, 0.15) is 0 Å². The van der Waals surface area contributed by atoms with Gasteiger partial charge in [0, 0.05) is 11.4 Å². The Morgan fingerprint density at radius 2 is 1.75 bits per heavy atom. The highest BCUT2D eigenvalue weighted by molar-refractivity contribution is 5.99. The minimum absolute atomic E-state index is 0.300. The van der Waals surface area contributed by atoms with E-state index in [0.29, 0.717) is 11.4 Å². The molecule has 0 aliphatic rings. The quantitative estimate of drug-likeness (QED) is 0.772. The molecule has 0 aliphatic carbocycles. The molecular weight excluding hydrogens is 250 g/mol. The van der Waals surface area contributed by atoms with Crippen LogP contribution in [-0.4, -0.2) is 6.03 Å². The minimum Gasteiger partial charge on any atom is -0.308 e. The third-order valence-corrected chi connectivity index (χ3v) is 2.85. The summed E-state index contributed by atoms with van der Waals surface area (Å²) in [7, 11) is 0. The van der Waals surface area contributed by atoms with Crippen LogP contribution in [0.3, 0.4) is 0 Å². The number of urea groups is 1. The molecule has 2 amide bonds. The Bertz CT molecular complexity index is 686. The summed E-state index contributed by atoms with van der Waals surface area (Å²) in [6, 6.07) is 12.5. The number of rotatable bonds is 2. The molecule has 0 saturated carbocycles. The summed E-state index contributed by atoms with van der Waals surface area (Å²) < 4.78 is 0. The van der Waals surface area contributed by atoms with Crippen molar-refractivity contribution in [1.82, 2.24) is 0 Å². The summed E-state index contributed by atoms with van der Waals surface area (Å²) in [5, 5.41) is 5.52. The first-order valence-electron chi connectivity index (χ1n) is 6.21. The maximum absolute atomic E-state index is 11.9. The maximum Gasteiger partial charge on any atom is 0.323 e. The second-order valence-electron chi connectivity index (χ2n) is 4.56. The van der Waals surface area contributed by atoms with Crippen LogP contribution in [0.5, 0.6) is 0 Å². The Morgan fingerprint density at radius 1 is 1.05 bits per heavy atom. The molecule has 0 aliphatic heterocycles. The van der Waals surface area contributed by atoms with Gasteiger partial charge in [-0.15, -0.1) is 0 Å². The van der Waals surface area contributed by atoms with Crippen molar-refractivity contribution < 1.29 is 4.79 Å². The topological polar surface area (TPSA) is 45.5 Å². The average Bonchev–Trinajstić information content (AvgIpc) is 2.38. The summed E-state index contributed by atoms with van der Waals surface area (Å²) in [6.07, 6.45) is 0. The van der Waals surface area contributed by atoms with Crippen molar-refractivity contribution in [3.05, 3.63) is 65.0 Å². The molecule has 0 fully saturated rings. The fourth-order valence-electron chi connectivity index (χ4n) is 1.87. The van der Waals surface area contributed by atoms with Gasteiger partial charge in [-0.3, -0.25) is 0 Å². The molecule has 0 saturated heterocycles. The number of aryl methyl sites for hydroxylation is 2. The molecule has 4 heteroatoms. The Balaban J connectivity index is 2.05. The number of amides is 2. The molecule has 4 nitrogen and oxygen atoms in total. The van der Waals surface area contributed by atoms with E-state index in [1.807, 2.05) is 38.1 Å². The number of benzene rings is 2. The zero-order valence-electron chi connectivity index (χ0n) is 11.4. The number of hydrogen-bond donors (Lipinski definition) is 2. The van der Waals surface area contributed by atoms with Gasteiger partial charge in [-0.2, -0.15) is 0 Å². The first-order chi connectivity index (χ1) is 9.58. The molecule has 0 atom stereocenters. The van der Waals surface area contributed by atoms with Crippen molar-refractivity contribution in [3.63, 3.8) is 0 Å². The van der Waals surface area contributed by atoms with Crippen LogP contribution in [0.4, 0.5) is 21.9 Å². The Morgan fingerprint density at radius 3 is 2.35 bits per heavy atom. The van der Waals surface area contributed by atoms with Gasteiger partial charge in [-0.05, 0) is 49.2 Å². The zero-order valence-corrected chi connectivity index (χ0v) is 11.4. The highest BCUT2D eigenvalue weighted by atomic mass is 16.2. The molecule has 0 aromatic heterocycles. The summed E-state index contributed by atoms with van der Waals surface area (Å²) >= 11 is 0. The second-order valence-corrected chi connectivity index (χ2v) is 4.56.